The van der Waals surface area contributed by atoms with Gasteiger partial charge in [-0.05, 0) is 32.0 Å². The molecule has 0 bridgehead atoms. The van der Waals surface area contributed by atoms with Crippen LogP contribution >= 0.6 is 0 Å². The van der Waals surface area contributed by atoms with Crippen LogP contribution in [0.1, 0.15) is 38.3 Å². The van der Waals surface area contributed by atoms with Crippen molar-refractivity contribution >= 4 is 0 Å². The van der Waals surface area contributed by atoms with Gasteiger partial charge in [-0.15, -0.1) is 0 Å². The van der Waals surface area contributed by atoms with E-state index in [0.717, 1.165) is 25.9 Å². The maximum Gasteiger partial charge on any atom is 0.127 e. The number of unbranched alkanes of at least 4 members (excludes halogenated alkanes) is 1. The van der Waals surface area contributed by atoms with Gasteiger partial charge in [-0.2, -0.15) is 0 Å². The third kappa shape index (κ3) is 5.73. The third-order valence-electron chi connectivity index (χ3n) is 3.91. The molecule has 0 spiro atoms. The van der Waals surface area contributed by atoms with Crippen molar-refractivity contribution in [3.8, 4) is 0 Å². The molecule has 0 saturated heterocycles. The quantitative estimate of drug-likeness (QED) is 0.697. The summed E-state index contributed by atoms with van der Waals surface area (Å²) in [5.41, 5.74) is 0.715. The number of nitrogens with one attached hydrogen (secondary N) is 1. The number of hydrogen-bond donors (Lipinski definition) is 2. The lowest BCUT2D eigenvalue weighted by molar-refractivity contribution is 0.165. The van der Waals surface area contributed by atoms with Crippen molar-refractivity contribution in [1.29, 1.82) is 0 Å². The summed E-state index contributed by atoms with van der Waals surface area (Å²) in [5.74, 6) is 0.0984. The Labute approximate surface area is 128 Å². The molecular formula is C17H29FN2O. The molecule has 0 amide bonds. The molecule has 2 atom stereocenters. The minimum atomic E-state index is -0.161. The summed E-state index contributed by atoms with van der Waals surface area (Å²) in [5, 5.41) is 12.4. The smallest absolute Gasteiger partial charge is 0.127 e. The number of rotatable bonds is 10. The van der Waals surface area contributed by atoms with Crippen molar-refractivity contribution in [1.82, 2.24) is 10.2 Å². The fraction of sp³-hybridized carbons (Fsp3) is 0.647. The van der Waals surface area contributed by atoms with Gasteiger partial charge in [-0.1, -0.05) is 38.5 Å². The highest BCUT2D eigenvalue weighted by atomic mass is 19.1. The Kier molecular flexibility index (Phi) is 8.50. The molecule has 2 N–H and O–H groups in total. The summed E-state index contributed by atoms with van der Waals surface area (Å²) in [6.45, 7) is 6.97. The monoisotopic (exact) mass is 296 g/mol. The predicted octanol–water partition coefficient (Wildman–Crippen LogP) is 2.82. The average molecular weight is 296 g/mol. The summed E-state index contributed by atoms with van der Waals surface area (Å²) in [7, 11) is 1.87. The van der Waals surface area contributed by atoms with Gasteiger partial charge in [-0.3, -0.25) is 0 Å². The summed E-state index contributed by atoms with van der Waals surface area (Å²) < 4.78 is 14.0. The number of aliphatic hydroxyl groups is 1. The zero-order valence-electron chi connectivity index (χ0n) is 13.5. The Hall–Kier alpha value is -0.970. The number of hydrogen-bond acceptors (Lipinski definition) is 3. The van der Waals surface area contributed by atoms with E-state index in [1.54, 1.807) is 6.07 Å². The number of nitrogens with zero attached hydrogens (tertiary/aromatic N) is 1. The maximum absolute atomic E-state index is 14.0. The highest BCUT2D eigenvalue weighted by Gasteiger charge is 2.22. The van der Waals surface area contributed by atoms with Crippen LogP contribution in [0.15, 0.2) is 24.3 Å². The van der Waals surface area contributed by atoms with E-state index in [4.69, 9.17) is 0 Å². The molecule has 0 aromatic heterocycles. The van der Waals surface area contributed by atoms with Crippen molar-refractivity contribution in [2.24, 2.45) is 5.92 Å². The van der Waals surface area contributed by atoms with E-state index < -0.39 is 0 Å². The van der Waals surface area contributed by atoms with Crippen molar-refractivity contribution in [3.63, 3.8) is 0 Å². The molecule has 0 heterocycles. The highest BCUT2D eigenvalue weighted by molar-refractivity contribution is 5.21. The normalized spacial score (nSPS) is 14.4. The van der Waals surface area contributed by atoms with Gasteiger partial charge in [0.05, 0.1) is 6.61 Å². The van der Waals surface area contributed by atoms with E-state index in [1.807, 2.05) is 19.2 Å². The molecule has 21 heavy (non-hydrogen) atoms. The second kappa shape index (κ2) is 9.87. The number of aliphatic hydroxyl groups excluding tert-OH is 1. The molecule has 0 saturated carbocycles. The number of benzene rings is 1. The van der Waals surface area contributed by atoms with Crippen LogP contribution in [-0.2, 0) is 0 Å². The van der Waals surface area contributed by atoms with E-state index in [1.165, 1.54) is 6.07 Å². The van der Waals surface area contributed by atoms with Crippen LogP contribution in [0.4, 0.5) is 4.39 Å². The third-order valence-corrected chi connectivity index (χ3v) is 3.91. The molecule has 0 aliphatic carbocycles. The second-order valence-electron chi connectivity index (χ2n) is 5.64. The van der Waals surface area contributed by atoms with Gasteiger partial charge < -0.3 is 15.3 Å². The molecule has 120 valence electrons. The molecule has 0 radical (unpaired) electrons. The van der Waals surface area contributed by atoms with E-state index in [-0.39, 0.29) is 24.4 Å². The van der Waals surface area contributed by atoms with Gasteiger partial charge in [-0.25, -0.2) is 4.39 Å². The van der Waals surface area contributed by atoms with Crippen LogP contribution in [0.3, 0.4) is 0 Å². The standard InChI is InChI=1S/C17H29FN2O/c1-4-5-10-20(11-12-21)13-14(2)17(19-3)15-8-6-7-9-16(15)18/h6-9,14,17,19,21H,4-5,10-13H2,1-3H3. The van der Waals surface area contributed by atoms with Crippen LogP contribution in [0.5, 0.6) is 0 Å². The molecule has 3 nitrogen and oxygen atoms in total. The largest absolute Gasteiger partial charge is 0.395 e. The van der Waals surface area contributed by atoms with Crippen molar-refractivity contribution in [2.75, 3.05) is 33.3 Å². The van der Waals surface area contributed by atoms with Crippen LogP contribution in [0.2, 0.25) is 0 Å². The zero-order valence-corrected chi connectivity index (χ0v) is 13.5. The van der Waals surface area contributed by atoms with Gasteiger partial charge in [0, 0.05) is 24.7 Å². The Morgan fingerprint density at radius 3 is 2.57 bits per heavy atom. The lowest BCUT2D eigenvalue weighted by atomic mass is 9.93. The first kappa shape index (κ1) is 18.1. The van der Waals surface area contributed by atoms with Crippen LogP contribution < -0.4 is 5.32 Å². The minimum Gasteiger partial charge on any atom is -0.395 e. The summed E-state index contributed by atoms with van der Waals surface area (Å²) in [4.78, 5) is 2.26. The average Bonchev–Trinajstić information content (AvgIpc) is 2.47. The molecule has 0 aliphatic rings. The van der Waals surface area contributed by atoms with Crippen molar-refractivity contribution < 1.29 is 9.50 Å². The van der Waals surface area contributed by atoms with Gasteiger partial charge in [0.1, 0.15) is 5.82 Å². The zero-order chi connectivity index (χ0) is 15.7. The molecule has 1 rings (SSSR count). The van der Waals surface area contributed by atoms with Crippen molar-refractivity contribution in [2.45, 2.75) is 32.7 Å². The number of halogens is 1. The first-order valence-electron chi connectivity index (χ1n) is 7.88. The summed E-state index contributed by atoms with van der Waals surface area (Å²) in [6, 6.07) is 6.92. The lowest BCUT2D eigenvalue weighted by Crippen LogP contribution is -2.37. The lowest BCUT2D eigenvalue weighted by Gasteiger charge is -2.30. The minimum absolute atomic E-state index is 0.0194. The first-order chi connectivity index (χ1) is 10.1. The van der Waals surface area contributed by atoms with Gasteiger partial charge in [0.25, 0.3) is 0 Å². The molecule has 0 aliphatic heterocycles. The predicted molar refractivity (Wildman–Crippen MR) is 85.8 cm³/mol. The topological polar surface area (TPSA) is 35.5 Å². The van der Waals surface area contributed by atoms with E-state index in [9.17, 15) is 9.50 Å². The van der Waals surface area contributed by atoms with Crippen LogP contribution in [0, 0.1) is 11.7 Å². The molecular weight excluding hydrogens is 267 g/mol. The Morgan fingerprint density at radius 1 is 1.29 bits per heavy atom. The van der Waals surface area contributed by atoms with Crippen molar-refractivity contribution in [3.05, 3.63) is 35.6 Å². The van der Waals surface area contributed by atoms with E-state index in [2.05, 4.69) is 24.1 Å². The van der Waals surface area contributed by atoms with Gasteiger partial charge in [0.2, 0.25) is 0 Å². The maximum atomic E-state index is 14.0. The van der Waals surface area contributed by atoms with Gasteiger partial charge in [0.15, 0.2) is 0 Å². The van der Waals surface area contributed by atoms with Crippen LogP contribution in [-0.4, -0.2) is 43.3 Å². The molecule has 0 fully saturated rings. The molecule has 4 heteroatoms. The van der Waals surface area contributed by atoms with Gasteiger partial charge >= 0.3 is 0 Å². The summed E-state index contributed by atoms with van der Waals surface area (Å²) in [6.07, 6.45) is 2.26. The SMILES string of the molecule is CCCCN(CCO)CC(C)C(NC)c1ccccc1F. The molecule has 1 aromatic rings. The first-order valence-corrected chi connectivity index (χ1v) is 7.88. The fourth-order valence-corrected chi connectivity index (χ4v) is 2.80. The molecule has 1 aromatic carbocycles. The van der Waals surface area contributed by atoms with E-state index >= 15 is 0 Å². The highest BCUT2D eigenvalue weighted by Crippen LogP contribution is 2.24. The molecule has 2 unspecified atom stereocenters. The Morgan fingerprint density at radius 2 is 2.00 bits per heavy atom. The van der Waals surface area contributed by atoms with Crippen LogP contribution in [0.25, 0.3) is 0 Å². The Balaban J connectivity index is 2.73. The second-order valence-corrected chi connectivity index (χ2v) is 5.64. The Bertz CT molecular complexity index is 400. The fourth-order valence-electron chi connectivity index (χ4n) is 2.80. The summed E-state index contributed by atoms with van der Waals surface area (Å²) >= 11 is 0. The van der Waals surface area contributed by atoms with E-state index in [0.29, 0.717) is 12.1 Å².